The molecule has 0 saturated carbocycles. The highest BCUT2D eigenvalue weighted by Gasteiger charge is 2.22. The van der Waals surface area contributed by atoms with Crippen molar-refractivity contribution in [3.63, 3.8) is 0 Å². The number of ether oxygens (including phenoxy) is 1. The number of benzene rings is 1. The van der Waals surface area contributed by atoms with Crippen molar-refractivity contribution in [3.8, 4) is 5.75 Å². The van der Waals surface area contributed by atoms with Crippen molar-refractivity contribution >= 4 is 0 Å². The van der Waals surface area contributed by atoms with E-state index in [1.165, 1.54) is 18.4 Å². The smallest absolute Gasteiger partial charge is 0.119 e. The second kappa shape index (κ2) is 6.62. The average Bonchev–Trinajstić information content (AvgIpc) is 2.49. The SMILES string of the molecule is CCC(C)(CC)c1ccc(OC2CCN(C)CC2)cc1. The van der Waals surface area contributed by atoms with E-state index in [-0.39, 0.29) is 0 Å². The maximum atomic E-state index is 6.11. The first-order chi connectivity index (χ1) is 9.57. The lowest BCUT2D eigenvalue weighted by Gasteiger charge is -2.30. The molecule has 1 aromatic rings. The monoisotopic (exact) mass is 275 g/mol. The van der Waals surface area contributed by atoms with Crippen LogP contribution in [0.3, 0.4) is 0 Å². The van der Waals surface area contributed by atoms with Gasteiger partial charge >= 0.3 is 0 Å². The van der Waals surface area contributed by atoms with Gasteiger partial charge in [-0.2, -0.15) is 0 Å². The minimum atomic E-state index is 0.298. The van der Waals surface area contributed by atoms with E-state index in [1.807, 2.05) is 0 Å². The van der Waals surface area contributed by atoms with E-state index in [4.69, 9.17) is 4.74 Å². The summed E-state index contributed by atoms with van der Waals surface area (Å²) in [6, 6.07) is 8.79. The summed E-state index contributed by atoms with van der Waals surface area (Å²) in [5.74, 6) is 1.03. The molecule has 0 aliphatic carbocycles. The van der Waals surface area contributed by atoms with Crippen molar-refractivity contribution in [2.75, 3.05) is 20.1 Å². The molecule has 20 heavy (non-hydrogen) atoms. The molecular formula is C18H29NO. The predicted octanol–water partition coefficient (Wildman–Crippen LogP) is 4.24. The van der Waals surface area contributed by atoms with Gasteiger partial charge in [0.1, 0.15) is 11.9 Å². The number of nitrogens with zero attached hydrogens (tertiary/aromatic N) is 1. The Hall–Kier alpha value is -1.02. The van der Waals surface area contributed by atoms with Crippen molar-refractivity contribution in [1.29, 1.82) is 0 Å². The maximum absolute atomic E-state index is 6.11. The zero-order valence-corrected chi connectivity index (χ0v) is 13.5. The van der Waals surface area contributed by atoms with Gasteiger partial charge in [-0.05, 0) is 55.8 Å². The minimum absolute atomic E-state index is 0.298. The lowest BCUT2D eigenvalue weighted by atomic mass is 9.78. The molecule has 0 amide bonds. The summed E-state index contributed by atoms with van der Waals surface area (Å²) in [7, 11) is 2.18. The van der Waals surface area contributed by atoms with Crippen LogP contribution < -0.4 is 4.74 Å². The molecule has 1 aliphatic heterocycles. The molecule has 0 bridgehead atoms. The van der Waals surface area contributed by atoms with E-state index >= 15 is 0 Å². The van der Waals surface area contributed by atoms with E-state index in [9.17, 15) is 0 Å². The fourth-order valence-electron chi connectivity index (χ4n) is 2.89. The fraction of sp³-hybridized carbons (Fsp3) is 0.667. The van der Waals surface area contributed by atoms with Gasteiger partial charge in [-0.1, -0.05) is 32.9 Å². The summed E-state index contributed by atoms with van der Waals surface area (Å²) in [4.78, 5) is 2.37. The first-order valence-electron chi connectivity index (χ1n) is 8.03. The number of hydrogen-bond donors (Lipinski definition) is 0. The second-order valence-corrected chi connectivity index (χ2v) is 6.41. The van der Waals surface area contributed by atoms with Gasteiger partial charge in [-0.15, -0.1) is 0 Å². The molecule has 1 saturated heterocycles. The van der Waals surface area contributed by atoms with Gasteiger partial charge in [-0.3, -0.25) is 0 Å². The molecule has 0 N–H and O–H groups in total. The molecule has 1 heterocycles. The summed E-state index contributed by atoms with van der Waals surface area (Å²) < 4.78 is 6.11. The van der Waals surface area contributed by atoms with Crippen LogP contribution in [0, 0.1) is 0 Å². The molecule has 1 aliphatic rings. The third-order valence-electron chi connectivity index (χ3n) is 5.08. The molecule has 2 rings (SSSR count). The van der Waals surface area contributed by atoms with Crippen LogP contribution in [0.5, 0.6) is 5.75 Å². The quantitative estimate of drug-likeness (QED) is 0.797. The summed E-state index contributed by atoms with van der Waals surface area (Å²) in [5, 5.41) is 0. The van der Waals surface area contributed by atoms with Crippen molar-refractivity contribution in [2.45, 2.75) is 58.0 Å². The summed E-state index contributed by atoms with van der Waals surface area (Å²) >= 11 is 0. The second-order valence-electron chi connectivity index (χ2n) is 6.41. The van der Waals surface area contributed by atoms with Crippen molar-refractivity contribution in [2.24, 2.45) is 0 Å². The number of rotatable bonds is 5. The Labute approximate surface area is 124 Å². The zero-order valence-electron chi connectivity index (χ0n) is 13.5. The molecule has 0 spiro atoms. The predicted molar refractivity (Wildman–Crippen MR) is 85.5 cm³/mol. The van der Waals surface area contributed by atoms with Crippen LogP contribution in [0.15, 0.2) is 24.3 Å². The van der Waals surface area contributed by atoms with E-state index in [0.29, 0.717) is 11.5 Å². The molecule has 1 aromatic carbocycles. The van der Waals surface area contributed by atoms with Crippen LogP contribution in [0.1, 0.15) is 52.0 Å². The molecule has 1 fully saturated rings. The first kappa shape index (κ1) is 15.4. The average molecular weight is 275 g/mol. The van der Waals surface area contributed by atoms with Crippen molar-refractivity contribution < 1.29 is 4.74 Å². The molecule has 0 aromatic heterocycles. The molecule has 2 nitrogen and oxygen atoms in total. The van der Waals surface area contributed by atoms with E-state index in [2.05, 4.69) is 57.0 Å². The standard InChI is InChI=1S/C18H29NO/c1-5-18(3,6-2)15-7-9-16(10-8-15)20-17-11-13-19(4)14-12-17/h7-10,17H,5-6,11-14H2,1-4H3. The van der Waals surface area contributed by atoms with Crippen LogP contribution in [0.2, 0.25) is 0 Å². The van der Waals surface area contributed by atoms with E-state index in [1.54, 1.807) is 0 Å². The normalized spacial score (nSPS) is 18.2. The molecule has 0 unspecified atom stereocenters. The molecule has 0 radical (unpaired) electrons. The zero-order chi connectivity index (χ0) is 14.6. The lowest BCUT2D eigenvalue weighted by Crippen LogP contribution is -2.35. The fourth-order valence-corrected chi connectivity index (χ4v) is 2.89. The maximum Gasteiger partial charge on any atom is 0.119 e. The lowest BCUT2D eigenvalue weighted by molar-refractivity contribution is 0.114. The minimum Gasteiger partial charge on any atom is -0.490 e. The third-order valence-corrected chi connectivity index (χ3v) is 5.08. The van der Waals surface area contributed by atoms with Crippen LogP contribution in [0.4, 0.5) is 0 Å². The van der Waals surface area contributed by atoms with Gasteiger partial charge in [-0.25, -0.2) is 0 Å². The van der Waals surface area contributed by atoms with Gasteiger partial charge in [0.25, 0.3) is 0 Å². The molecular weight excluding hydrogens is 246 g/mol. The first-order valence-corrected chi connectivity index (χ1v) is 8.03. The van der Waals surface area contributed by atoms with Gasteiger partial charge in [0.05, 0.1) is 0 Å². The van der Waals surface area contributed by atoms with Gasteiger partial charge in [0.15, 0.2) is 0 Å². The van der Waals surface area contributed by atoms with Crippen molar-refractivity contribution in [1.82, 2.24) is 4.90 Å². The Kier molecular flexibility index (Phi) is 5.09. The Balaban J connectivity index is 1.98. The largest absolute Gasteiger partial charge is 0.490 e. The Morgan fingerprint density at radius 2 is 1.65 bits per heavy atom. The Morgan fingerprint density at radius 1 is 1.10 bits per heavy atom. The molecule has 0 atom stereocenters. The van der Waals surface area contributed by atoms with Crippen molar-refractivity contribution in [3.05, 3.63) is 29.8 Å². The van der Waals surface area contributed by atoms with Crippen LogP contribution in [0.25, 0.3) is 0 Å². The Morgan fingerprint density at radius 3 is 2.15 bits per heavy atom. The Bertz CT molecular complexity index is 400. The third kappa shape index (κ3) is 3.54. The number of likely N-dealkylation sites (tertiary alicyclic amines) is 1. The number of piperidine rings is 1. The van der Waals surface area contributed by atoms with Gasteiger partial charge in [0, 0.05) is 13.1 Å². The van der Waals surface area contributed by atoms with Gasteiger partial charge in [0.2, 0.25) is 0 Å². The van der Waals surface area contributed by atoms with E-state index < -0.39 is 0 Å². The highest BCUT2D eigenvalue weighted by Crippen LogP contribution is 2.32. The summed E-state index contributed by atoms with van der Waals surface area (Å²) in [6.07, 6.45) is 5.03. The summed E-state index contributed by atoms with van der Waals surface area (Å²) in [5.41, 5.74) is 1.73. The van der Waals surface area contributed by atoms with Crippen LogP contribution in [-0.4, -0.2) is 31.1 Å². The molecule has 112 valence electrons. The molecule has 2 heteroatoms. The topological polar surface area (TPSA) is 12.5 Å². The van der Waals surface area contributed by atoms with Crippen LogP contribution >= 0.6 is 0 Å². The highest BCUT2D eigenvalue weighted by atomic mass is 16.5. The van der Waals surface area contributed by atoms with Gasteiger partial charge < -0.3 is 9.64 Å². The summed E-state index contributed by atoms with van der Waals surface area (Å²) in [6.45, 7) is 9.18. The van der Waals surface area contributed by atoms with E-state index in [0.717, 1.165) is 31.7 Å². The van der Waals surface area contributed by atoms with Crippen LogP contribution in [-0.2, 0) is 5.41 Å². The highest BCUT2D eigenvalue weighted by molar-refractivity contribution is 5.32. The number of hydrogen-bond acceptors (Lipinski definition) is 2.